The summed E-state index contributed by atoms with van der Waals surface area (Å²) < 4.78 is 68.3. The van der Waals surface area contributed by atoms with E-state index in [0.717, 1.165) is 161 Å². The summed E-state index contributed by atoms with van der Waals surface area (Å²) in [5.74, 6) is -2.35. The van der Waals surface area contributed by atoms with Crippen LogP contribution in [0.15, 0.2) is 134 Å². The van der Waals surface area contributed by atoms with E-state index in [1.54, 1.807) is 6.08 Å². The van der Waals surface area contributed by atoms with Crippen LogP contribution in [0, 0.1) is 0 Å². The second kappa shape index (κ2) is 72.5. The highest BCUT2D eigenvalue weighted by Crippen LogP contribution is 2.45. The zero-order valence-electron chi connectivity index (χ0n) is 62.3. The topological polar surface area (TPSA) is 237 Å². The van der Waals surface area contributed by atoms with Crippen molar-refractivity contribution in [3.63, 3.8) is 0 Å². The van der Waals surface area contributed by atoms with E-state index in [-0.39, 0.29) is 25.7 Å². The SMILES string of the molecule is CC/C=C\C/C=C\C/C=C\C/C=C\C/C=C\CC(=O)OCC(COP(=O)(O)OCC(O)COP(=O)(O)OCC(COC(=O)CCCCCCCC/C=C\C/C=C\C/C=C\C/C=C\CC)OC(=O)CCCCCCCCCCCCC)OC(=O)CCCCCCC/C=C\C/C=C\CCCCC. The van der Waals surface area contributed by atoms with Crippen LogP contribution in [0.4, 0.5) is 0 Å². The van der Waals surface area contributed by atoms with Gasteiger partial charge in [-0.1, -0.05) is 283 Å². The van der Waals surface area contributed by atoms with Gasteiger partial charge in [0.1, 0.15) is 19.3 Å². The van der Waals surface area contributed by atoms with Crippen molar-refractivity contribution in [2.24, 2.45) is 0 Å². The molecule has 0 saturated carbocycles. The Bertz CT molecular complexity index is 2420. The Morgan fingerprint density at radius 2 is 0.560 bits per heavy atom. The number of phosphoric ester groups is 2. The van der Waals surface area contributed by atoms with Crippen LogP contribution in [-0.4, -0.2) is 96.7 Å². The van der Waals surface area contributed by atoms with E-state index in [1.165, 1.54) is 57.8 Å². The molecule has 0 aliphatic heterocycles. The fourth-order valence-electron chi connectivity index (χ4n) is 9.84. The van der Waals surface area contributed by atoms with Crippen molar-refractivity contribution in [1.82, 2.24) is 0 Å². The van der Waals surface area contributed by atoms with Gasteiger partial charge in [-0.15, -0.1) is 0 Å². The average Bonchev–Trinajstić information content (AvgIpc) is 0.966. The van der Waals surface area contributed by atoms with Gasteiger partial charge in [0.05, 0.1) is 32.8 Å². The second-order valence-corrected chi connectivity index (χ2v) is 28.1. The fourth-order valence-corrected chi connectivity index (χ4v) is 11.4. The summed E-state index contributed by atoms with van der Waals surface area (Å²) in [4.78, 5) is 72.8. The van der Waals surface area contributed by atoms with Crippen LogP contribution in [0.5, 0.6) is 0 Å². The van der Waals surface area contributed by atoms with E-state index < -0.39 is 97.5 Å². The summed E-state index contributed by atoms with van der Waals surface area (Å²) in [6.45, 7) is 4.46. The highest BCUT2D eigenvalue weighted by atomic mass is 31.2. The summed E-state index contributed by atoms with van der Waals surface area (Å²) in [5, 5.41) is 10.6. The third-order valence-electron chi connectivity index (χ3n) is 15.6. The molecule has 17 nitrogen and oxygen atoms in total. The van der Waals surface area contributed by atoms with Crippen molar-refractivity contribution < 1.29 is 80.2 Å². The number of allylic oxidation sites excluding steroid dienone is 21. The van der Waals surface area contributed by atoms with Crippen LogP contribution in [0.25, 0.3) is 0 Å². The molecule has 3 N–H and O–H groups in total. The third kappa shape index (κ3) is 71.6. The molecule has 19 heteroatoms. The summed E-state index contributed by atoms with van der Waals surface area (Å²) in [6.07, 6.45) is 80.4. The summed E-state index contributed by atoms with van der Waals surface area (Å²) in [5.41, 5.74) is 0. The number of hydrogen-bond acceptors (Lipinski definition) is 15. The maximum absolute atomic E-state index is 13.1. The van der Waals surface area contributed by atoms with Crippen molar-refractivity contribution in [2.45, 2.75) is 316 Å². The van der Waals surface area contributed by atoms with Crippen molar-refractivity contribution >= 4 is 39.5 Å². The number of aliphatic hydroxyl groups excluding tert-OH is 1. The summed E-state index contributed by atoms with van der Waals surface area (Å²) >= 11 is 0. The van der Waals surface area contributed by atoms with Crippen molar-refractivity contribution in [1.29, 1.82) is 0 Å². The van der Waals surface area contributed by atoms with Gasteiger partial charge in [-0.25, -0.2) is 9.13 Å². The van der Waals surface area contributed by atoms with E-state index in [0.29, 0.717) is 25.7 Å². The standard InChI is InChI=1S/C81H136O17P2/c1-5-9-13-17-21-25-29-32-35-36-37-38-41-43-47-50-54-58-62-66-79(84)91-71-76(97-80(85)67-63-59-55-51-45-28-24-20-16-12-8-4)73-95-99(87,88)93-69-75(82)70-94-100(89,90)96-74-77(98-81(86)68-64-60-56-52-48-44-40-34-31-27-23-19-15-11-7-3)72-92-78(83)65-61-57-53-49-46-42-39-33-30-26-22-18-14-10-6-2/h9-10,13-14,21-23,25-27,32-35,37-40,46,49,57,61,75-77,82H,5-8,11-12,15-20,24,28-31,36,41-45,47-48,50-56,58-60,62-74H2,1-4H3,(H,87,88)(H,89,90)/b13-9-,14-10-,25-21-,26-22-,27-23-,35-32-,38-37-,39-33-,40-34-,49-46-,61-57-. The first kappa shape index (κ1) is 95.2. The molecular formula is C81H136O17P2. The number of unbranched alkanes of at least 4 members (excludes halogenated alkanes) is 24. The average molecular weight is 1440 g/mol. The molecule has 0 heterocycles. The number of aliphatic hydroxyl groups is 1. The van der Waals surface area contributed by atoms with Gasteiger partial charge in [-0.05, 0) is 122 Å². The molecule has 5 atom stereocenters. The van der Waals surface area contributed by atoms with E-state index in [1.807, 2.05) is 18.2 Å². The summed E-state index contributed by atoms with van der Waals surface area (Å²) in [7, 11) is -9.98. The van der Waals surface area contributed by atoms with E-state index in [4.69, 9.17) is 37.0 Å². The van der Waals surface area contributed by atoms with Crippen LogP contribution in [0.1, 0.15) is 297 Å². The molecule has 0 amide bonds. The lowest BCUT2D eigenvalue weighted by atomic mass is 10.1. The van der Waals surface area contributed by atoms with Gasteiger partial charge in [-0.3, -0.25) is 37.3 Å². The zero-order chi connectivity index (χ0) is 73.2. The fraction of sp³-hybridized carbons (Fsp3) is 0.679. The lowest BCUT2D eigenvalue weighted by molar-refractivity contribution is -0.161. The molecule has 0 aromatic carbocycles. The number of carbonyl (C=O) groups excluding carboxylic acids is 4. The maximum Gasteiger partial charge on any atom is 0.472 e. The van der Waals surface area contributed by atoms with Gasteiger partial charge in [0.15, 0.2) is 12.2 Å². The maximum atomic E-state index is 13.1. The molecule has 0 aliphatic rings. The van der Waals surface area contributed by atoms with Crippen LogP contribution in [-0.2, 0) is 65.4 Å². The number of hydrogen-bond donors (Lipinski definition) is 3. The molecule has 0 rings (SSSR count). The van der Waals surface area contributed by atoms with Crippen LogP contribution in [0.2, 0.25) is 0 Å². The Morgan fingerprint density at radius 3 is 0.910 bits per heavy atom. The van der Waals surface area contributed by atoms with Gasteiger partial charge >= 0.3 is 39.5 Å². The minimum atomic E-state index is -5.00. The predicted octanol–water partition coefficient (Wildman–Crippen LogP) is 22.1. The number of ether oxygens (including phenoxy) is 4. The molecule has 100 heavy (non-hydrogen) atoms. The van der Waals surface area contributed by atoms with E-state index >= 15 is 0 Å². The normalized spacial score (nSPS) is 14.7. The van der Waals surface area contributed by atoms with Gasteiger partial charge in [0, 0.05) is 19.3 Å². The molecule has 0 bridgehead atoms. The zero-order valence-corrected chi connectivity index (χ0v) is 64.1. The van der Waals surface area contributed by atoms with Crippen molar-refractivity contribution in [2.75, 3.05) is 39.6 Å². The molecule has 0 fully saturated rings. The first-order valence-corrected chi connectivity index (χ1v) is 41.4. The van der Waals surface area contributed by atoms with Gasteiger partial charge in [-0.2, -0.15) is 0 Å². The Balaban J connectivity index is 5.40. The quantitative estimate of drug-likeness (QED) is 0.0169. The van der Waals surface area contributed by atoms with Crippen LogP contribution < -0.4 is 0 Å². The van der Waals surface area contributed by atoms with Crippen LogP contribution >= 0.6 is 15.6 Å². The second-order valence-electron chi connectivity index (χ2n) is 25.2. The Hall–Kier alpha value is -4.80. The number of esters is 4. The molecule has 0 aromatic heterocycles. The molecular weight excluding hydrogens is 1310 g/mol. The molecule has 0 saturated heterocycles. The molecule has 0 spiro atoms. The van der Waals surface area contributed by atoms with Gasteiger partial charge < -0.3 is 33.8 Å². The number of carbonyl (C=O) groups is 4. The number of phosphoric acid groups is 2. The van der Waals surface area contributed by atoms with E-state index in [9.17, 15) is 43.2 Å². The van der Waals surface area contributed by atoms with Gasteiger partial charge in [0.2, 0.25) is 0 Å². The highest BCUT2D eigenvalue weighted by Gasteiger charge is 2.30. The molecule has 572 valence electrons. The van der Waals surface area contributed by atoms with E-state index in [2.05, 4.69) is 137 Å². The Kier molecular flexibility index (Phi) is 69.1. The largest absolute Gasteiger partial charge is 0.472 e. The summed E-state index contributed by atoms with van der Waals surface area (Å²) in [6, 6.07) is 0. The molecule has 0 aliphatic carbocycles. The number of rotatable bonds is 71. The first-order valence-electron chi connectivity index (χ1n) is 38.4. The predicted molar refractivity (Wildman–Crippen MR) is 408 cm³/mol. The smallest absolute Gasteiger partial charge is 0.462 e. The first-order chi connectivity index (χ1) is 48.7. The highest BCUT2D eigenvalue weighted by molar-refractivity contribution is 7.47. The van der Waals surface area contributed by atoms with Crippen molar-refractivity contribution in [3.8, 4) is 0 Å². The Morgan fingerprint density at radius 1 is 0.300 bits per heavy atom. The third-order valence-corrected chi connectivity index (χ3v) is 17.5. The monoisotopic (exact) mass is 1440 g/mol. The Labute approximate surface area is 605 Å². The van der Waals surface area contributed by atoms with Crippen LogP contribution in [0.3, 0.4) is 0 Å². The van der Waals surface area contributed by atoms with Crippen molar-refractivity contribution in [3.05, 3.63) is 134 Å². The van der Waals surface area contributed by atoms with Gasteiger partial charge in [0.25, 0.3) is 0 Å². The lowest BCUT2D eigenvalue weighted by Gasteiger charge is -2.21. The molecule has 0 aromatic rings. The molecule has 5 unspecified atom stereocenters. The minimum Gasteiger partial charge on any atom is -0.462 e. The lowest BCUT2D eigenvalue weighted by Crippen LogP contribution is -2.30. The molecule has 0 radical (unpaired) electrons. The minimum absolute atomic E-state index is 0.0570.